The molecule has 0 heterocycles. The molecule has 0 atom stereocenters. The van der Waals surface area contributed by atoms with Crippen LogP contribution in [0, 0.1) is 0 Å². The number of benzene rings is 2. The zero-order chi connectivity index (χ0) is 23.2. The Labute approximate surface area is 207 Å². The van der Waals surface area contributed by atoms with Crippen molar-refractivity contribution in [2.24, 2.45) is 0 Å². The van der Waals surface area contributed by atoms with Gasteiger partial charge in [0.1, 0.15) is 6.61 Å². The predicted molar refractivity (Wildman–Crippen MR) is 139 cm³/mol. The van der Waals surface area contributed by atoms with Gasteiger partial charge in [0.25, 0.3) is 0 Å². The molecule has 2 aromatic carbocycles. The van der Waals surface area contributed by atoms with Gasteiger partial charge in [-0.3, -0.25) is 0 Å². The largest absolute Gasteiger partial charge is 0.493 e. The third kappa shape index (κ3) is 9.70. The number of rotatable bonds is 16. The average Bonchev–Trinajstić information content (AvgIpc) is 2.79. The van der Waals surface area contributed by atoms with Crippen LogP contribution in [0.25, 0.3) is 0 Å². The molecule has 32 heavy (non-hydrogen) atoms. The Morgan fingerprint density at radius 3 is 2.34 bits per heavy atom. The summed E-state index contributed by atoms with van der Waals surface area (Å²) in [4.78, 5) is 2.61. The van der Waals surface area contributed by atoms with E-state index >= 15 is 0 Å². The topological polar surface area (TPSA) is 33.7 Å². The van der Waals surface area contributed by atoms with Crippen LogP contribution in [0.3, 0.4) is 0 Å². The van der Waals surface area contributed by atoms with Crippen LogP contribution in [0.2, 0.25) is 5.02 Å². The van der Waals surface area contributed by atoms with Crippen LogP contribution in [0.1, 0.15) is 57.1 Å². The van der Waals surface area contributed by atoms with E-state index in [1.165, 1.54) is 38.8 Å². The van der Waals surface area contributed by atoms with Crippen molar-refractivity contribution in [2.45, 2.75) is 59.1 Å². The fraction of sp³-hybridized carbons (Fsp3) is 0.538. The fourth-order valence-corrected chi connectivity index (χ4v) is 4.37. The molecule has 0 spiro atoms. The molecule has 0 saturated carbocycles. The van der Waals surface area contributed by atoms with Gasteiger partial charge in [-0.05, 0) is 96.8 Å². The molecule has 0 unspecified atom stereocenters. The van der Waals surface area contributed by atoms with Crippen molar-refractivity contribution in [3.05, 3.63) is 57.0 Å². The van der Waals surface area contributed by atoms with E-state index in [0.717, 1.165) is 47.4 Å². The highest BCUT2D eigenvalue weighted by Crippen LogP contribution is 2.37. The number of unbranched alkanes of at least 4 members (excludes halogenated alkanes) is 2. The van der Waals surface area contributed by atoms with Crippen molar-refractivity contribution in [1.82, 2.24) is 10.2 Å². The van der Waals surface area contributed by atoms with Crippen molar-refractivity contribution in [3.63, 3.8) is 0 Å². The van der Waals surface area contributed by atoms with Crippen LogP contribution in [0.15, 0.2) is 40.9 Å². The molecule has 0 bridgehead atoms. The molecule has 0 aliphatic heterocycles. The van der Waals surface area contributed by atoms with Crippen LogP contribution in [0.5, 0.6) is 11.5 Å². The number of hydrogen-bond donors (Lipinski definition) is 1. The van der Waals surface area contributed by atoms with E-state index in [9.17, 15) is 0 Å². The molecular weight excluding hydrogens is 488 g/mol. The quantitative estimate of drug-likeness (QED) is 0.238. The molecule has 178 valence electrons. The van der Waals surface area contributed by atoms with Gasteiger partial charge in [0.15, 0.2) is 11.5 Å². The average molecular weight is 526 g/mol. The molecule has 0 aliphatic carbocycles. The fourth-order valence-electron chi connectivity index (χ4n) is 3.56. The molecule has 4 nitrogen and oxygen atoms in total. The summed E-state index contributed by atoms with van der Waals surface area (Å²) >= 11 is 9.72. The summed E-state index contributed by atoms with van der Waals surface area (Å²) in [6.07, 6.45) is 6.26. The molecule has 0 aromatic heterocycles. The van der Waals surface area contributed by atoms with Crippen LogP contribution < -0.4 is 14.8 Å². The summed E-state index contributed by atoms with van der Waals surface area (Å²) in [5.74, 6) is 1.43. The molecule has 6 heteroatoms. The Hall–Kier alpha value is -1.27. The van der Waals surface area contributed by atoms with Crippen LogP contribution in [0.4, 0.5) is 0 Å². The minimum atomic E-state index is 0.430. The molecule has 1 N–H and O–H groups in total. The highest BCUT2D eigenvalue weighted by molar-refractivity contribution is 9.10. The van der Waals surface area contributed by atoms with E-state index in [-0.39, 0.29) is 0 Å². The van der Waals surface area contributed by atoms with Crippen molar-refractivity contribution in [3.8, 4) is 11.5 Å². The summed E-state index contributed by atoms with van der Waals surface area (Å²) in [7, 11) is 1.67. The normalized spacial score (nSPS) is 11.2. The molecule has 0 aliphatic rings. The van der Waals surface area contributed by atoms with E-state index in [4.69, 9.17) is 21.1 Å². The Bertz CT molecular complexity index is 795. The molecule has 0 amide bonds. The number of halogens is 2. The smallest absolute Gasteiger partial charge is 0.175 e. The van der Waals surface area contributed by atoms with Gasteiger partial charge in [-0.1, -0.05) is 50.4 Å². The third-order valence-electron chi connectivity index (χ3n) is 5.37. The lowest BCUT2D eigenvalue weighted by Crippen LogP contribution is -2.29. The van der Waals surface area contributed by atoms with Crippen molar-refractivity contribution in [2.75, 3.05) is 33.3 Å². The minimum Gasteiger partial charge on any atom is -0.493 e. The Kier molecular flexibility index (Phi) is 13.1. The second-order valence-corrected chi connectivity index (χ2v) is 9.40. The molecule has 2 aromatic rings. The third-order valence-corrected chi connectivity index (χ3v) is 6.20. The van der Waals surface area contributed by atoms with Gasteiger partial charge in [-0.15, -0.1) is 0 Å². The van der Waals surface area contributed by atoms with E-state index in [0.29, 0.717) is 17.4 Å². The SMILES string of the molecule is CCCCN(CCCC)CCCNCc1cc(Br)c(OCc2cccc(Cl)c2)c(OC)c1. The van der Waals surface area contributed by atoms with E-state index in [2.05, 4.69) is 46.1 Å². The molecule has 0 saturated heterocycles. The first-order chi connectivity index (χ1) is 15.6. The molecular formula is C26H38BrClN2O2. The Morgan fingerprint density at radius 2 is 1.69 bits per heavy atom. The van der Waals surface area contributed by atoms with Gasteiger partial charge in [-0.2, -0.15) is 0 Å². The maximum absolute atomic E-state index is 6.07. The lowest BCUT2D eigenvalue weighted by atomic mass is 10.2. The first-order valence-corrected chi connectivity index (χ1v) is 12.9. The minimum absolute atomic E-state index is 0.430. The molecule has 0 fully saturated rings. The summed E-state index contributed by atoms with van der Waals surface area (Å²) in [5.41, 5.74) is 2.18. The van der Waals surface area contributed by atoms with E-state index in [1.54, 1.807) is 7.11 Å². The maximum atomic E-state index is 6.07. The van der Waals surface area contributed by atoms with E-state index in [1.807, 2.05) is 30.3 Å². The second kappa shape index (κ2) is 15.5. The highest BCUT2D eigenvalue weighted by Gasteiger charge is 2.12. The number of nitrogens with one attached hydrogen (secondary N) is 1. The van der Waals surface area contributed by atoms with Crippen LogP contribution in [-0.4, -0.2) is 38.2 Å². The van der Waals surface area contributed by atoms with Gasteiger partial charge in [0, 0.05) is 11.6 Å². The highest BCUT2D eigenvalue weighted by atomic mass is 79.9. The summed E-state index contributed by atoms with van der Waals surface area (Å²) in [6, 6.07) is 11.8. The summed E-state index contributed by atoms with van der Waals surface area (Å²) in [6.45, 7) is 10.4. The Balaban J connectivity index is 1.84. The standard InChI is InChI=1S/C26H38BrClN2O2/c1-4-6-13-30(14-7-5-2)15-9-12-29-19-22-17-24(27)26(25(18-22)31-3)32-20-21-10-8-11-23(28)16-21/h8,10-11,16-18,29H,4-7,9,12-15,19-20H2,1-3H3. The number of methoxy groups -OCH3 is 1. The Morgan fingerprint density at radius 1 is 0.969 bits per heavy atom. The van der Waals surface area contributed by atoms with Crippen molar-refractivity contribution in [1.29, 1.82) is 0 Å². The lowest BCUT2D eigenvalue weighted by Gasteiger charge is -2.22. The van der Waals surface area contributed by atoms with Crippen molar-refractivity contribution < 1.29 is 9.47 Å². The summed E-state index contributed by atoms with van der Waals surface area (Å²) < 4.78 is 12.5. The van der Waals surface area contributed by atoms with Crippen LogP contribution in [-0.2, 0) is 13.2 Å². The number of hydrogen-bond acceptors (Lipinski definition) is 4. The van der Waals surface area contributed by atoms with Gasteiger partial charge in [0.05, 0.1) is 11.6 Å². The summed E-state index contributed by atoms with van der Waals surface area (Å²) in [5, 5.41) is 4.28. The van der Waals surface area contributed by atoms with E-state index < -0.39 is 0 Å². The van der Waals surface area contributed by atoms with Gasteiger partial charge in [0.2, 0.25) is 0 Å². The maximum Gasteiger partial charge on any atom is 0.175 e. The monoisotopic (exact) mass is 524 g/mol. The first kappa shape index (κ1) is 27.0. The predicted octanol–water partition coefficient (Wildman–Crippen LogP) is 7.07. The molecule has 2 rings (SSSR count). The molecule has 0 radical (unpaired) electrons. The zero-order valence-corrected chi connectivity index (χ0v) is 22.1. The lowest BCUT2D eigenvalue weighted by molar-refractivity contribution is 0.261. The number of nitrogens with zero attached hydrogens (tertiary/aromatic N) is 1. The second-order valence-electron chi connectivity index (χ2n) is 8.11. The van der Waals surface area contributed by atoms with Crippen LogP contribution >= 0.6 is 27.5 Å². The van der Waals surface area contributed by atoms with Gasteiger partial charge < -0.3 is 19.7 Å². The van der Waals surface area contributed by atoms with Gasteiger partial charge >= 0.3 is 0 Å². The zero-order valence-electron chi connectivity index (χ0n) is 19.8. The van der Waals surface area contributed by atoms with Crippen molar-refractivity contribution >= 4 is 27.5 Å². The first-order valence-electron chi connectivity index (χ1n) is 11.7. The van der Waals surface area contributed by atoms with Gasteiger partial charge in [-0.25, -0.2) is 0 Å². The number of ether oxygens (including phenoxy) is 2.